The topological polar surface area (TPSA) is 43.4 Å². The number of hydrogen-bond acceptors (Lipinski definition) is 3. The molecule has 0 aromatic heterocycles. The number of para-hydroxylation sites is 1. The van der Waals surface area contributed by atoms with Crippen molar-refractivity contribution in [1.82, 2.24) is 0 Å². The first-order valence-electron chi connectivity index (χ1n) is 2.87. The smallest absolute Gasteiger partial charge is 0.357 e. The van der Waals surface area contributed by atoms with E-state index in [4.69, 9.17) is 0 Å². The molecule has 0 bridgehead atoms. The van der Waals surface area contributed by atoms with Crippen molar-refractivity contribution in [1.29, 1.82) is 0 Å². The van der Waals surface area contributed by atoms with E-state index in [0.29, 0.717) is 3.57 Å². The summed E-state index contributed by atoms with van der Waals surface area (Å²) < 4.78 is 36.7. The summed E-state index contributed by atoms with van der Waals surface area (Å²) in [7, 11) is -4.90. The summed E-state index contributed by atoms with van der Waals surface area (Å²) in [5, 5.41) is 0. The van der Waals surface area contributed by atoms with Crippen LogP contribution in [0.1, 0.15) is 0 Å². The van der Waals surface area contributed by atoms with Crippen molar-refractivity contribution in [2.75, 3.05) is 0 Å². The Kier molecular flexibility index (Phi) is 2.89. The Labute approximate surface area is 83.1 Å². The summed E-state index contributed by atoms with van der Waals surface area (Å²) in [5.74, 6) is 0.000556. The molecule has 1 aromatic rings. The van der Waals surface area contributed by atoms with Crippen LogP contribution in [0.25, 0.3) is 0 Å². The minimum Gasteiger partial charge on any atom is -0.357 e. The van der Waals surface area contributed by atoms with Gasteiger partial charge in [0.2, 0.25) is 0 Å². The standard InChI is InChI=1S/C6H4FIO3S/c7-12(9,10)11-6-4-2-1-3-5(6)8/h1-4H. The van der Waals surface area contributed by atoms with Crippen molar-refractivity contribution >= 4 is 33.1 Å². The molecular formula is C6H4FIO3S. The summed E-state index contributed by atoms with van der Waals surface area (Å²) >= 11 is 1.84. The lowest BCUT2D eigenvalue weighted by atomic mass is 10.3. The third kappa shape index (κ3) is 2.94. The van der Waals surface area contributed by atoms with Crippen LogP contribution in [0, 0.1) is 3.57 Å². The molecule has 66 valence electrons. The monoisotopic (exact) mass is 302 g/mol. The second-order valence-electron chi connectivity index (χ2n) is 1.91. The Morgan fingerprint density at radius 3 is 2.42 bits per heavy atom. The second-order valence-corrected chi connectivity index (χ2v) is 4.02. The van der Waals surface area contributed by atoms with Crippen LogP contribution in [0.2, 0.25) is 0 Å². The Hall–Kier alpha value is -0.370. The normalized spacial score (nSPS) is 11.2. The molecular weight excluding hydrogens is 298 g/mol. The molecule has 0 aliphatic carbocycles. The molecule has 0 spiro atoms. The lowest BCUT2D eigenvalue weighted by Crippen LogP contribution is -2.02. The van der Waals surface area contributed by atoms with Crippen LogP contribution in [-0.4, -0.2) is 8.42 Å². The van der Waals surface area contributed by atoms with Gasteiger partial charge >= 0.3 is 10.5 Å². The van der Waals surface area contributed by atoms with Crippen LogP contribution in [0.4, 0.5) is 3.89 Å². The Morgan fingerprint density at radius 2 is 1.92 bits per heavy atom. The fourth-order valence-corrected chi connectivity index (χ4v) is 1.63. The van der Waals surface area contributed by atoms with Gasteiger partial charge in [-0.25, -0.2) is 0 Å². The van der Waals surface area contributed by atoms with Gasteiger partial charge < -0.3 is 4.18 Å². The number of benzene rings is 1. The van der Waals surface area contributed by atoms with Gasteiger partial charge in [0.15, 0.2) is 5.75 Å². The lowest BCUT2D eigenvalue weighted by Gasteiger charge is -2.00. The van der Waals surface area contributed by atoms with Crippen LogP contribution < -0.4 is 4.18 Å². The van der Waals surface area contributed by atoms with E-state index in [2.05, 4.69) is 4.18 Å². The van der Waals surface area contributed by atoms with Crippen LogP contribution in [0.5, 0.6) is 5.75 Å². The Morgan fingerprint density at radius 1 is 1.33 bits per heavy atom. The first-order valence-corrected chi connectivity index (χ1v) is 5.26. The van der Waals surface area contributed by atoms with E-state index in [1.807, 2.05) is 22.6 Å². The van der Waals surface area contributed by atoms with Crippen molar-refractivity contribution in [3.63, 3.8) is 0 Å². The summed E-state index contributed by atoms with van der Waals surface area (Å²) in [6.07, 6.45) is 0. The van der Waals surface area contributed by atoms with Gasteiger partial charge in [-0.1, -0.05) is 16.0 Å². The van der Waals surface area contributed by atoms with Gasteiger partial charge in [-0.3, -0.25) is 0 Å². The molecule has 3 nitrogen and oxygen atoms in total. The molecule has 12 heavy (non-hydrogen) atoms. The average molecular weight is 302 g/mol. The molecule has 0 unspecified atom stereocenters. The lowest BCUT2D eigenvalue weighted by molar-refractivity contribution is 0.439. The quantitative estimate of drug-likeness (QED) is 0.619. The van der Waals surface area contributed by atoms with Crippen molar-refractivity contribution in [2.24, 2.45) is 0 Å². The van der Waals surface area contributed by atoms with Gasteiger partial charge in [-0.05, 0) is 34.7 Å². The number of rotatable bonds is 2. The van der Waals surface area contributed by atoms with Crippen LogP contribution >= 0.6 is 22.6 Å². The summed E-state index contributed by atoms with van der Waals surface area (Å²) in [6.45, 7) is 0. The van der Waals surface area contributed by atoms with E-state index in [-0.39, 0.29) is 5.75 Å². The summed E-state index contributed by atoms with van der Waals surface area (Å²) in [4.78, 5) is 0. The first-order chi connectivity index (χ1) is 5.49. The Bertz CT molecular complexity index is 376. The zero-order valence-corrected chi connectivity index (χ0v) is 8.67. The molecule has 0 saturated heterocycles. The minimum absolute atomic E-state index is 0.000556. The zero-order chi connectivity index (χ0) is 9.19. The molecule has 0 amide bonds. The summed E-state index contributed by atoms with van der Waals surface area (Å²) in [6, 6.07) is 6.24. The molecule has 6 heteroatoms. The highest BCUT2D eigenvalue weighted by Crippen LogP contribution is 2.21. The number of hydrogen-bond donors (Lipinski definition) is 0. The maximum Gasteiger partial charge on any atom is 0.488 e. The van der Waals surface area contributed by atoms with Gasteiger partial charge in [0.05, 0.1) is 3.57 Å². The second kappa shape index (κ2) is 3.56. The van der Waals surface area contributed by atoms with E-state index in [9.17, 15) is 12.3 Å². The highest BCUT2D eigenvalue weighted by molar-refractivity contribution is 14.1. The molecule has 0 heterocycles. The number of halogens is 2. The Balaban J connectivity index is 2.98. The van der Waals surface area contributed by atoms with Gasteiger partial charge in [0, 0.05) is 0 Å². The zero-order valence-electron chi connectivity index (χ0n) is 5.70. The third-order valence-corrected chi connectivity index (χ3v) is 2.30. The molecule has 1 rings (SSSR count). The highest BCUT2D eigenvalue weighted by atomic mass is 127. The van der Waals surface area contributed by atoms with E-state index < -0.39 is 10.5 Å². The highest BCUT2D eigenvalue weighted by Gasteiger charge is 2.10. The molecule has 0 radical (unpaired) electrons. The van der Waals surface area contributed by atoms with E-state index in [0.717, 1.165) is 0 Å². The van der Waals surface area contributed by atoms with Crippen LogP contribution in [0.15, 0.2) is 24.3 Å². The maximum atomic E-state index is 12.0. The molecule has 0 N–H and O–H groups in total. The largest absolute Gasteiger partial charge is 0.488 e. The first kappa shape index (κ1) is 9.72. The fourth-order valence-electron chi connectivity index (χ4n) is 0.620. The van der Waals surface area contributed by atoms with Crippen molar-refractivity contribution in [2.45, 2.75) is 0 Å². The molecule has 0 saturated carbocycles. The van der Waals surface area contributed by atoms with Crippen molar-refractivity contribution in [3.8, 4) is 5.75 Å². The molecule has 0 aliphatic heterocycles. The molecule has 0 fully saturated rings. The van der Waals surface area contributed by atoms with Gasteiger partial charge in [-0.2, -0.15) is 8.42 Å². The summed E-state index contributed by atoms with van der Waals surface area (Å²) in [5.41, 5.74) is 0. The van der Waals surface area contributed by atoms with Crippen LogP contribution in [0.3, 0.4) is 0 Å². The average Bonchev–Trinajstić information content (AvgIpc) is 1.91. The van der Waals surface area contributed by atoms with E-state index in [1.54, 1.807) is 18.2 Å². The fraction of sp³-hybridized carbons (Fsp3) is 0. The van der Waals surface area contributed by atoms with Crippen molar-refractivity contribution in [3.05, 3.63) is 27.8 Å². The van der Waals surface area contributed by atoms with E-state index in [1.165, 1.54) is 6.07 Å². The van der Waals surface area contributed by atoms with Crippen molar-refractivity contribution < 1.29 is 16.5 Å². The SMILES string of the molecule is O=S(=O)(F)Oc1ccccc1I. The minimum atomic E-state index is -4.90. The predicted molar refractivity (Wildman–Crippen MR) is 49.8 cm³/mol. The molecule has 1 aromatic carbocycles. The van der Waals surface area contributed by atoms with Gasteiger partial charge in [0.1, 0.15) is 0 Å². The molecule has 0 aliphatic rings. The van der Waals surface area contributed by atoms with Crippen LogP contribution in [-0.2, 0) is 10.5 Å². The molecule has 0 atom stereocenters. The predicted octanol–water partition coefficient (Wildman–Crippen LogP) is 1.88. The van der Waals surface area contributed by atoms with E-state index >= 15 is 0 Å². The van der Waals surface area contributed by atoms with Gasteiger partial charge in [-0.15, -0.1) is 0 Å². The van der Waals surface area contributed by atoms with Gasteiger partial charge in [0.25, 0.3) is 0 Å². The third-order valence-electron chi connectivity index (χ3n) is 1.03. The maximum absolute atomic E-state index is 12.0.